The standard InChI is InChI=1S/C19H19N5O2/c1-12-10-16(23(4)26)11-13(2)17(12)20-21-18-14(3)22-24(19(18)25)15-8-6-5-7-9-15/h5-11,18H,4H2,1-3H3. The number of hydrogen-bond donors (Lipinski definition) is 0. The monoisotopic (exact) mass is 349 g/mol. The summed E-state index contributed by atoms with van der Waals surface area (Å²) in [6.45, 7) is 8.77. The number of hydrazone groups is 1. The van der Waals surface area contributed by atoms with E-state index in [-0.39, 0.29) is 5.91 Å². The third kappa shape index (κ3) is 3.23. The number of hydrogen-bond acceptors (Lipinski definition) is 5. The molecule has 1 amide bonds. The summed E-state index contributed by atoms with van der Waals surface area (Å²) in [5, 5.41) is 25.5. The molecule has 0 aromatic heterocycles. The molecule has 7 nitrogen and oxygen atoms in total. The Morgan fingerprint density at radius 3 is 2.35 bits per heavy atom. The highest BCUT2D eigenvalue weighted by Crippen LogP contribution is 2.30. The summed E-state index contributed by atoms with van der Waals surface area (Å²) in [4.78, 5) is 12.7. The molecular formula is C19H19N5O2. The second kappa shape index (κ2) is 6.87. The summed E-state index contributed by atoms with van der Waals surface area (Å²) in [6, 6.07) is 11.8. The van der Waals surface area contributed by atoms with Crippen molar-refractivity contribution < 1.29 is 9.53 Å². The van der Waals surface area contributed by atoms with Gasteiger partial charge in [-0.15, -0.1) is 0 Å². The Kier molecular flexibility index (Phi) is 4.62. The molecule has 0 N–H and O–H groups in total. The molecule has 0 spiro atoms. The minimum absolute atomic E-state index is 0.243. The highest BCUT2D eigenvalue weighted by atomic mass is 16.5. The van der Waals surface area contributed by atoms with E-state index in [0.717, 1.165) is 11.1 Å². The van der Waals surface area contributed by atoms with Gasteiger partial charge in [0.05, 0.1) is 17.1 Å². The zero-order valence-electron chi connectivity index (χ0n) is 14.9. The van der Waals surface area contributed by atoms with Gasteiger partial charge in [-0.3, -0.25) is 4.79 Å². The number of azo groups is 1. The number of carbonyl (C=O) groups is 1. The highest BCUT2D eigenvalue weighted by molar-refractivity contribution is 6.18. The molecule has 26 heavy (non-hydrogen) atoms. The lowest BCUT2D eigenvalue weighted by Crippen LogP contribution is -2.29. The fourth-order valence-electron chi connectivity index (χ4n) is 2.79. The number of anilines is 1. The summed E-state index contributed by atoms with van der Waals surface area (Å²) in [5.74, 6) is -0.243. The molecule has 0 saturated carbocycles. The van der Waals surface area contributed by atoms with Crippen molar-refractivity contribution in [3.8, 4) is 0 Å². The second-order valence-electron chi connectivity index (χ2n) is 6.15. The van der Waals surface area contributed by atoms with Crippen LogP contribution < -0.4 is 5.01 Å². The summed E-state index contributed by atoms with van der Waals surface area (Å²) in [5.41, 5.74) is 3.93. The van der Waals surface area contributed by atoms with E-state index in [9.17, 15) is 10.0 Å². The summed E-state index contributed by atoms with van der Waals surface area (Å²) in [6.07, 6.45) is 0. The van der Waals surface area contributed by atoms with Crippen molar-refractivity contribution in [2.45, 2.75) is 26.8 Å². The maximum Gasteiger partial charge on any atom is 0.280 e. The van der Waals surface area contributed by atoms with Crippen molar-refractivity contribution in [3.63, 3.8) is 0 Å². The number of aryl methyl sites for hydroxylation is 2. The minimum Gasteiger partial charge on any atom is -0.619 e. The van der Waals surface area contributed by atoms with Crippen LogP contribution in [0.5, 0.6) is 0 Å². The summed E-state index contributed by atoms with van der Waals surface area (Å²) >= 11 is 0. The average Bonchev–Trinajstić information content (AvgIpc) is 2.89. The maximum atomic E-state index is 12.7. The van der Waals surface area contributed by atoms with Crippen LogP contribution in [0.1, 0.15) is 18.1 Å². The van der Waals surface area contributed by atoms with E-state index in [1.807, 2.05) is 44.2 Å². The molecule has 0 saturated heterocycles. The molecular weight excluding hydrogens is 330 g/mol. The molecule has 0 fully saturated rings. The van der Waals surface area contributed by atoms with Crippen molar-refractivity contribution in [2.24, 2.45) is 15.3 Å². The van der Waals surface area contributed by atoms with Gasteiger partial charge in [-0.2, -0.15) is 25.1 Å². The van der Waals surface area contributed by atoms with Gasteiger partial charge in [0.1, 0.15) is 6.72 Å². The first-order valence-corrected chi connectivity index (χ1v) is 8.12. The van der Waals surface area contributed by atoms with Gasteiger partial charge in [-0.05, 0) is 44.0 Å². The number of para-hydroxylation sites is 1. The quantitative estimate of drug-likeness (QED) is 0.274. The van der Waals surface area contributed by atoms with Crippen LogP contribution in [0, 0.1) is 19.1 Å². The number of benzene rings is 2. The van der Waals surface area contributed by atoms with E-state index in [1.165, 1.54) is 5.01 Å². The third-order valence-electron chi connectivity index (χ3n) is 4.13. The highest BCUT2D eigenvalue weighted by Gasteiger charge is 2.34. The largest absolute Gasteiger partial charge is 0.619 e. The summed E-state index contributed by atoms with van der Waals surface area (Å²) in [7, 11) is 0. The molecule has 0 aliphatic carbocycles. The van der Waals surface area contributed by atoms with Crippen molar-refractivity contribution >= 4 is 35.4 Å². The second-order valence-corrected chi connectivity index (χ2v) is 6.15. The molecule has 0 radical (unpaired) electrons. The van der Waals surface area contributed by atoms with Gasteiger partial charge in [-0.25, -0.2) is 0 Å². The Balaban J connectivity index is 1.87. The lowest BCUT2D eigenvalue weighted by Gasteiger charge is -2.12. The lowest BCUT2D eigenvalue weighted by molar-refractivity contribution is -0.349. The number of nitrogens with zero attached hydrogens (tertiary/aromatic N) is 5. The zero-order valence-corrected chi connectivity index (χ0v) is 14.9. The first-order valence-electron chi connectivity index (χ1n) is 8.12. The zero-order chi connectivity index (χ0) is 18.8. The number of amides is 1. The fourth-order valence-corrected chi connectivity index (χ4v) is 2.79. The van der Waals surface area contributed by atoms with Crippen molar-refractivity contribution in [1.29, 1.82) is 0 Å². The average molecular weight is 349 g/mol. The minimum atomic E-state index is -0.752. The van der Waals surface area contributed by atoms with Crippen molar-refractivity contribution in [2.75, 3.05) is 5.01 Å². The van der Waals surface area contributed by atoms with Gasteiger partial charge in [0, 0.05) is 12.1 Å². The van der Waals surface area contributed by atoms with E-state index >= 15 is 0 Å². The molecule has 1 aliphatic heterocycles. The van der Waals surface area contributed by atoms with Crippen LogP contribution in [-0.2, 0) is 4.79 Å². The Morgan fingerprint density at radius 1 is 1.15 bits per heavy atom. The lowest BCUT2D eigenvalue weighted by atomic mass is 10.1. The maximum absolute atomic E-state index is 12.7. The van der Waals surface area contributed by atoms with E-state index in [0.29, 0.717) is 27.5 Å². The molecule has 1 heterocycles. The molecule has 132 valence electrons. The van der Waals surface area contributed by atoms with Crippen LogP contribution in [-0.4, -0.2) is 29.1 Å². The Bertz CT molecular complexity index is 911. The predicted molar refractivity (Wildman–Crippen MR) is 102 cm³/mol. The predicted octanol–water partition coefficient (Wildman–Crippen LogP) is 4.02. The van der Waals surface area contributed by atoms with Gasteiger partial charge >= 0.3 is 0 Å². The fraction of sp³-hybridized carbons (Fsp3) is 0.211. The number of carbonyl (C=O) groups excluding carboxylic acids is 1. The Hall–Kier alpha value is -3.35. The van der Waals surface area contributed by atoms with Crippen molar-refractivity contribution in [3.05, 3.63) is 58.8 Å². The Labute approximate surface area is 151 Å². The molecule has 2 aromatic carbocycles. The van der Waals surface area contributed by atoms with E-state index < -0.39 is 6.04 Å². The molecule has 1 unspecified atom stereocenters. The SMILES string of the molecule is C=[N+]([O-])c1cc(C)c(N=NC2C(=O)N(c3ccccc3)N=C2C)c(C)c1. The summed E-state index contributed by atoms with van der Waals surface area (Å²) < 4.78 is 0.552. The van der Waals surface area contributed by atoms with Gasteiger partial charge in [0.25, 0.3) is 5.91 Å². The van der Waals surface area contributed by atoms with Crippen LogP contribution in [0.15, 0.2) is 57.8 Å². The first kappa shape index (κ1) is 17.5. The van der Waals surface area contributed by atoms with Crippen LogP contribution in [0.2, 0.25) is 0 Å². The topological polar surface area (TPSA) is 83.5 Å². The van der Waals surface area contributed by atoms with E-state index in [4.69, 9.17) is 0 Å². The number of rotatable bonds is 4. The molecule has 2 aromatic rings. The molecule has 1 aliphatic rings. The van der Waals surface area contributed by atoms with Crippen molar-refractivity contribution in [1.82, 2.24) is 0 Å². The van der Waals surface area contributed by atoms with Crippen LogP contribution in [0.25, 0.3) is 0 Å². The Morgan fingerprint density at radius 2 is 1.77 bits per heavy atom. The molecule has 7 heteroatoms. The third-order valence-corrected chi connectivity index (χ3v) is 4.13. The molecule has 1 atom stereocenters. The first-order chi connectivity index (χ1) is 12.4. The van der Waals surface area contributed by atoms with Gasteiger partial charge in [0.15, 0.2) is 6.04 Å². The van der Waals surface area contributed by atoms with E-state index in [1.54, 1.807) is 19.1 Å². The normalized spacial score (nSPS) is 17.0. The van der Waals surface area contributed by atoms with Gasteiger partial charge in [-0.1, -0.05) is 18.2 Å². The van der Waals surface area contributed by atoms with Gasteiger partial charge < -0.3 is 5.21 Å². The molecule has 3 rings (SSSR count). The van der Waals surface area contributed by atoms with Gasteiger partial charge in [0.2, 0.25) is 5.69 Å². The molecule has 0 bridgehead atoms. The van der Waals surface area contributed by atoms with Crippen LogP contribution in [0.3, 0.4) is 0 Å². The van der Waals surface area contributed by atoms with Crippen LogP contribution in [0.4, 0.5) is 17.1 Å². The van der Waals surface area contributed by atoms with Crippen LogP contribution >= 0.6 is 0 Å². The van der Waals surface area contributed by atoms with E-state index in [2.05, 4.69) is 22.0 Å². The smallest absolute Gasteiger partial charge is 0.280 e.